The number of allylic oxidation sites excluding steroid dienone is 1. The lowest BCUT2D eigenvalue weighted by Crippen LogP contribution is -1.93. The second-order valence-corrected chi connectivity index (χ2v) is 4.96. The molecule has 1 N–H and O–H groups in total. The molecule has 0 aliphatic carbocycles. The van der Waals surface area contributed by atoms with Crippen LogP contribution in [0.25, 0.3) is 6.08 Å². The Morgan fingerprint density at radius 1 is 1.25 bits per heavy atom. The summed E-state index contributed by atoms with van der Waals surface area (Å²) in [7, 11) is 1.52. The second-order valence-electron chi connectivity index (χ2n) is 4.11. The maximum absolute atomic E-state index is 11.9. The molecule has 20 heavy (non-hydrogen) atoms. The Hall–Kier alpha value is -2.07. The van der Waals surface area contributed by atoms with Crippen LogP contribution in [0.3, 0.4) is 0 Å². The van der Waals surface area contributed by atoms with Crippen LogP contribution in [0.2, 0.25) is 0 Å². The van der Waals surface area contributed by atoms with E-state index in [2.05, 4.69) is 15.9 Å². The van der Waals surface area contributed by atoms with Gasteiger partial charge in [-0.25, -0.2) is 0 Å². The van der Waals surface area contributed by atoms with Gasteiger partial charge in [0.25, 0.3) is 0 Å². The highest BCUT2D eigenvalue weighted by Gasteiger charge is 2.07. The number of hydrogen-bond acceptors (Lipinski definition) is 3. The summed E-state index contributed by atoms with van der Waals surface area (Å²) in [5.74, 6) is 0.480. The Bertz CT molecular complexity index is 648. The molecule has 0 unspecified atom stereocenters. The number of phenolic OH excluding ortho intramolecular Hbond substituents is 1. The third-order valence-electron chi connectivity index (χ3n) is 2.77. The predicted molar refractivity (Wildman–Crippen MR) is 82.2 cm³/mol. The highest BCUT2D eigenvalue weighted by atomic mass is 79.9. The van der Waals surface area contributed by atoms with E-state index in [-0.39, 0.29) is 11.5 Å². The number of halogens is 1. The summed E-state index contributed by atoms with van der Waals surface area (Å²) < 4.78 is 5.79. The summed E-state index contributed by atoms with van der Waals surface area (Å²) in [5, 5.41) is 9.87. The first-order chi connectivity index (χ1) is 9.61. The average molecular weight is 333 g/mol. The van der Waals surface area contributed by atoms with E-state index in [0.717, 1.165) is 0 Å². The number of benzene rings is 2. The minimum Gasteiger partial charge on any atom is -0.507 e. The first kappa shape index (κ1) is 14.3. The van der Waals surface area contributed by atoms with Gasteiger partial charge in [0.2, 0.25) is 0 Å². The predicted octanol–water partition coefficient (Wildman–Crippen LogP) is 4.06. The smallest absolute Gasteiger partial charge is 0.185 e. The van der Waals surface area contributed by atoms with Crippen LogP contribution in [0.5, 0.6) is 11.5 Å². The fourth-order valence-corrected chi connectivity index (χ4v) is 2.24. The molecule has 0 radical (unpaired) electrons. The van der Waals surface area contributed by atoms with Gasteiger partial charge in [-0.1, -0.05) is 30.3 Å². The molecular formula is C16H13BrO3. The molecule has 0 aliphatic rings. The number of carbonyl (C=O) groups is 1. The van der Waals surface area contributed by atoms with Gasteiger partial charge in [0, 0.05) is 17.2 Å². The summed E-state index contributed by atoms with van der Waals surface area (Å²) in [6.07, 6.45) is 3.01. The zero-order chi connectivity index (χ0) is 14.5. The molecule has 102 valence electrons. The molecule has 0 amide bonds. The van der Waals surface area contributed by atoms with Crippen LogP contribution in [0.4, 0.5) is 0 Å². The number of aromatic hydroxyl groups is 1. The van der Waals surface area contributed by atoms with Crippen LogP contribution >= 0.6 is 15.9 Å². The van der Waals surface area contributed by atoms with Crippen molar-refractivity contribution < 1.29 is 14.6 Å². The van der Waals surface area contributed by atoms with Crippen molar-refractivity contribution in [2.24, 2.45) is 0 Å². The Morgan fingerprint density at radius 2 is 1.95 bits per heavy atom. The molecule has 2 aromatic carbocycles. The number of ether oxygens (including phenoxy) is 1. The summed E-state index contributed by atoms with van der Waals surface area (Å²) in [6.45, 7) is 0. The van der Waals surface area contributed by atoms with Gasteiger partial charge in [-0.2, -0.15) is 0 Å². The summed E-state index contributed by atoms with van der Waals surface area (Å²) >= 11 is 3.34. The summed E-state index contributed by atoms with van der Waals surface area (Å²) in [5.41, 5.74) is 1.15. The largest absolute Gasteiger partial charge is 0.507 e. The number of ketones is 1. The molecule has 0 bridgehead atoms. The quantitative estimate of drug-likeness (QED) is 0.678. The molecule has 0 spiro atoms. The lowest BCUT2D eigenvalue weighted by molar-refractivity contribution is 0.104. The van der Waals surface area contributed by atoms with Gasteiger partial charge in [-0.3, -0.25) is 4.79 Å². The van der Waals surface area contributed by atoms with Crippen LogP contribution in [0.1, 0.15) is 15.9 Å². The third-order valence-corrected chi connectivity index (χ3v) is 3.39. The van der Waals surface area contributed by atoms with Gasteiger partial charge in [-0.15, -0.1) is 0 Å². The molecule has 0 aromatic heterocycles. The van der Waals surface area contributed by atoms with Crippen molar-refractivity contribution in [2.75, 3.05) is 7.11 Å². The van der Waals surface area contributed by atoms with Gasteiger partial charge >= 0.3 is 0 Å². The SMILES string of the molecule is COc1cc(O)c(C=CC(=O)c2ccccc2)cc1Br. The lowest BCUT2D eigenvalue weighted by atomic mass is 10.1. The molecular weight excluding hydrogens is 320 g/mol. The minimum absolute atomic E-state index is 0.0576. The van der Waals surface area contributed by atoms with Crippen LogP contribution < -0.4 is 4.74 Å². The van der Waals surface area contributed by atoms with Crippen molar-refractivity contribution in [3.63, 3.8) is 0 Å². The number of methoxy groups -OCH3 is 1. The summed E-state index contributed by atoms with van der Waals surface area (Å²) in [4.78, 5) is 11.9. The molecule has 0 saturated carbocycles. The van der Waals surface area contributed by atoms with Gasteiger partial charge in [0.1, 0.15) is 11.5 Å². The maximum Gasteiger partial charge on any atom is 0.185 e. The standard InChI is InChI=1S/C16H13BrO3/c1-20-16-10-15(19)12(9-13(16)17)7-8-14(18)11-5-3-2-4-6-11/h2-10,19H,1H3. The third kappa shape index (κ3) is 3.27. The Kier molecular flexibility index (Phi) is 4.58. The van der Waals surface area contributed by atoms with E-state index < -0.39 is 0 Å². The van der Waals surface area contributed by atoms with E-state index in [1.807, 2.05) is 18.2 Å². The van der Waals surface area contributed by atoms with Gasteiger partial charge in [0.05, 0.1) is 11.6 Å². The normalized spacial score (nSPS) is 10.7. The molecule has 4 heteroatoms. The Labute approximate surface area is 125 Å². The van der Waals surface area contributed by atoms with Crippen molar-refractivity contribution in [3.8, 4) is 11.5 Å². The number of phenols is 1. The van der Waals surface area contributed by atoms with E-state index in [0.29, 0.717) is 21.3 Å². The van der Waals surface area contributed by atoms with E-state index in [1.54, 1.807) is 24.3 Å². The monoisotopic (exact) mass is 332 g/mol. The highest BCUT2D eigenvalue weighted by Crippen LogP contribution is 2.32. The molecule has 3 nitrogen and oxygen atoms in total. The zero-order valence-corrected chi connectivity index (χ0v) is 12.4. The molecule has 0 heterocycles. The van der Waals surface area contributed by atoms with Gasteiger partial charge in [0.15, 0.2) is 5.78 Å². The van der Waals surface area contributed by atoms with E-state index in [4.69, 9.17) is 4.74 Å². The number of carbonyl (C=O) groups excluding carboxylic acids is 1. The average Bonchev–Trinajstić information content (AvgIpc) is 2.48. The first-order valence-corrected chi connectivity index (χ1v) is 6.75. The Balaban J connectivity index is 2.24. The molecule has 0 fully saturated rings. The molecule has 2 rings (SSSR count). The molecule has 0 aliphatic heterocycles. The highest BCUT2D eigenvalue weighted by molar-refractivity contribution is 9.10. The van der Waals surface area contributed by atoms with Gasteiger partial charge in [-0.05, 0) is 34.1 Å². The van der Waals surface area contributed by atoms with E-state index in [1.165, 1.54) is 19.3 Å². The van der Waals surface area contributed by atoms with Crippen LogP contribution in [-0.4, -0.2) is 18.0 Å². The van der Waals surface area contributed by atoms with Crippen molar-refractivity contribution >= 4 is 27.8 Å². The van der Waals surface area contributed by atoms with Crippen molar-refractivity contribution in [1.82, 2.24) is 0 Å². The van der Waals surface area contributed by atoms with Crippen molar-refractivity contribution in [3.05, 3.63) is 64.1 Å². The number of rotatable bonds is 4. The van der Waals surface area contributed by atoms with Crippen molar-refractivity contribution in [2.45, 2.75) is 0 Å². The van der Waals surface area contributed by atoms with Gasteiger partial charge < -0.3 is 9.84 Å². The lowest BCUT2D eigenvalue weighted by Gasteiger charge is -2.06. The zero-order valence-electron chi connectivity index (χ0n) is 10.8. The number of hydrogen-bond donors (Lipinski definition) is 1. The fraction of sp³-hybridized carbons (Fsp3) is 0.0625. The molecule has 0 atom stereocenters. The minimum atomic E-state index is -0.114. The van der Waals surface area contributed by atoms with Crippen LogP contribution in [0, 0.1) is 0 Å². The Morgan fingerprint density at radius 3 is 2.60 bits per heavy atom. The molecule has 0 saturated heterocycles. The van der Waals surface area contributed by atoms with Crippen molar-refractivity contribution in [1.29, 1.82) is 0 Å². The van der Waals surface area contributed by atoms with E-state index >= 15 is 0 Å². The van der Waals surface area contributed by atoms with Crippen LogP contribution in [-0.2, 0) is 0 Å². The topological polar surface area (TPSA) is 46.5 Å². The maximum atomic E-state index is 11.9. The second kappa shape index (κ2) is 6.39. The summed E-state index contributed by atoms with van der Waals surface area (Å²) in [6, 6.07) is 12.2. The molecule has 2 aromatic rings. The van der Waals surface area contributed by atoms with Crippen LogP contribution in [0.15, 0.2) is 53.0 Å². The van der Waals surface area contributed by atoms with E-state index in [9.17, 15) is 9.90 Å². The fourth-order valence-electron chi connectivity index (χ4n) is 1.71. The first-order valence-electron chi connectivity index (χ1n) is 5.96.